The molecule has 1 saturated carbocycles. The number of fused-ring (bicyclic) bond motifs is 1. The first-order valence-corrected chi connectivity index (χ1v) is 17.6. The van der Waals surface area contributed by atoms with Gasteiger partial charge in [0.15, 0.2) is 8.32 Å². The first-order valence-electron chi connectivity index (χ1n) is 14.7. The minimum atomic E-state index is -2.07. The van der Waals surface area contributed by atoms with Crippen molar-refractivity contribution in [1.29, 1.82) is 0 Å². The summed E-state index contributed by atoms with van der Waals surface area (Å²) in [7, 11) is -2.07. The third-order valence-electron chi connectivity index (χ3n) is 8.67. The number of carbonyl (C=O) groups is 2. The zero-order chi connectivity index (χ0) is 28.8. The van der Waals surface area contributed by atoms with Crippen LogP contribution in [0.15, 0.2) is 48.6 Å². The minimum Gasteiger partial charge on any atom is -0.463 e. The zero-order valence-corrected chi connectivity index (χ0v) is 26.0. The summed E-state index contributed by atoms with van der Waals surface area (Å²) < 4.78 is 27.2. The van der Waals surface area contributed by atoms with Gasteiger partial charge in [-0.2, -0.15) is 0 Å². The van der Waals surface area contributed by atoms with E-state index < -0.39 is 20.4 Å². The molecule has 0 amide bonds. The summed E-state index contributed by atoms with van der Waals surface area (Å²) in [4.78, 5) is 24.4. The molecule has 4 nitrogen and oxygen atoms in total. The van der Waals surface area contributed by atoms with E-state index in [1.165, 1.54) is 11.1 Å². The summed E-state index contributed by atoms with van der Waals surface area (Å²) in [6, 6.07) is 8.58. The second-order valence-corrected chi connectivity index (χ2v) is 17.9. The van der Waals surface area contributed by atoms with E-state index in [1.807, 2.05) is 32.1 Å². The van der Waals surface area contributed by atoms with Crippen molar-refractivity contribution in [3.05, 3.63) is 59.7 Å². The van der Waals surface area contributed by atoms with E-state index in [1.54, 1.807) is 0 Å². The van der Waals surface area contributed by atoms with E-state index >= 15 is 4.39 Å². The number of rotatable bonds is 12. The number of esters is 1. The lowest BCUT2D eigenvalue weighted by Gasteiger charge is -2.40. The topological polar surface area (TPSA) is 52.6 Å². The number of unbranched alkanes of at least 4 members (excludes halogenated alkanes) is 1. The molecule has 0 radical (unpaired) electrons. The summed E-state index contributed by atoms with van der Waals surface area (Å²) in [5.41, 5.74) is 2.75. The Labute approximate surface area is 236 Å². The Hall–Kier alpha value is -2.05. The third kappa shape index (κ3) is 8.71. The van der Waals surface area contributed by atoms with Crippen molar-refractivity contribution in [3.8, 4) is 0 Å². The molecule has 0 saturated heterocycles. The number of ether oxygens (including phenoxy) is 1. The molecular weight excluding hydrogens is 507 g/mol. The van der Waals surface area contributed by atoms with Crippen LogP contribution < -0.4 is 0 Å². The number of hydrogen-bond donors (Lipinski definition) is 0. The molecule has 6 heteroatoms. The number of ketones is 1. The summed E-state index contributed by atoms with van der Waals surface area (Å²) in [5.74, 6) is -0.666. The minimum absolute atomic E-state index is 0.00236. The molecule has 0 aromatic heterocycles. The second-order valence-electron chi connectivity index (χ2n) is 13.2. The fraction of sp³-hybridized carbons (Fsp3) is 0.636. The molecule has 0 N–H and O–H groups in total. The van der Waals surface area contributed by atoms with Gasteiger partial charge in [-0.25, -0.2) is 4.39 Å². The predicted molar refractivity (Wildman–Crippen MR) is 159 cm³/mol. The van der Waals surface area contributed by atoms with E-state index in [2.05, 4.69) is 64.2 Å². The largest absolute Gasteiger partial charge is 0.463 e. The van der Waals surface area contributed by atoms with E-state index in [4.69, 9.17) is 9.16 Å². The summed E-state index contributed by atoms with van der Waals surface area (Å²) in [6.07, 6.45) is 10.9. The number of hydrogen-bond acceptors (Lipinski definition) is 4. The van der Waals surface area contributed by atoms with Gasteiger partial charge in [0, 0.05) is 24.7 Å². The van der Waals surface area contributed by atoms with Gasteiger partial charge >= 0.3 is 5.97 Å². The van der Waals surface area contributed by atoms with Crippen molar-refractivity contribution >= 4 is 20.1 Å². The predicted octanol–water partition coefficient (Wildman–Crippen LogP) is 7.96. The Morgan fingerprint density at radius 3 is 2.33 bits per heavy atom. The standard InChI is InChI=1S/C33H49FO4Si/c1-23(2)37-32(36)17-11-9-8-10-16-28-27(29(34)22-30(28)35)18-19-31(38-39(6,7)33(3,4)5)26-20-24-14-12-13-15-25(24)21-26/h8,10,12-15,18-19,23,26-29,31H,9,11,16-17,20-22H2,1-7H3/t27-,28+,29-,31-/m0/s1. The Morgan fingerprint density at radius 1 is 1.10 bits per heavy atom. The second kappa shape index (κ2) is 13.5. The van der Waals surface area contributed by atoms with Crippen LogP contribution in [-0.4, -0.2) is 38.4 Å². The van der Waals surface area contributed by atoms with E-state index in [0.717, 1.165) is 19.3 Å². The number of halogens is 1. The van der Waals surface area contributed by atoms with Crippen molar-refractivity contribution in [3.63, 3.8) is 0 Å². The molecule has 0 unspecified atom stereocenters. The Kier molecular flexibility index (Phi) is 10.9. The molecule has 39 heavy (non-hydrogen) atoms. The highest BCUT2D eigenvalue weighted by atomic mass is 28.4. The number of allylic oxidation sites excluding steroid dienone is 3. The van der Waals surface area contributed by atoms with E-state index in [0.29, 0.717) is 25.2 Å². The lowest BCUT2D eigenvalue weighted by atomic mass is 9.89. The van der Waals surface area contributed by atoms with Crippen LogP contribution in [0.25, 0.3) is 0 Å². The fourth-order valence-corrected chi connectivity index (χ4v) is 6.71. The van der Waals surface area contributed by atoms with Crippen LogP contribution in [0.4, 0.5) is 4.39 Å². The van der Waals surface area contributed by atoms with Gasteiger partial charge in [0.25, 0.3) is 0 Å². The molecule has 216 valence electrons. The fourth-order valence-electron chi connectivity index (χ4n) is 5.41. The van der Waals surface area contributed by atoms with Gasteiger partial charge in [-0.15, -0.1) is 0 Å². The molecule has 1 aromatic carbocycles. The molecule has 0 aliphatic heterocycles. The van der Waals surface area contributed by atoms with Crippen LogP contribution in [0, 0.1) is 17.8 Å². The smallest absolute Gasteiger partial charge is 0.306 e. The van der Waals surface area contributed by atoms with Gasteiger partial charge < -0.3 is 9.16 Å². The van der Waals surface area contributed by atoms with Crippen molar-refractivity contribution in [1.82, 2.24) is 0 Å². The van der Waals surface area contributed by atoms with Crippen LogP contribution in [-0.2, 0) is 31.6 Å². The lowest BCUT2D eigenvalue weighted by molar-refractivity contribution is -0.147. The average Bonchev–Trinajstić information content (AvgIpc) is 3.37. The molecule has 4 atom stereocenters. The Morgan fingerprint density at radius 2 is 1.74 bits per heavy atom. The van der Waals surface area contributed by atoms with Gasteiger partial charge in [0.05, 0.1) is 12.2 Å². The molecular formula is C33H49FO4Si. The monoisotopic (exact) mass is 556 g/mol. The van der Waals surface area contributed by atoms with Crippen LogP contribution in [0.1, 0.15) is 77.8 Å². The van der Waals surface area contributed by atoms with Crippen LogP contribution >= 0.6 is 0 Å². The normalized spacial score (nSPS) is 23.3. The maximum Gasteiger partial charge on any atom is 0.306 e. The molecule has 2 aliphatic carbocycles. The van der Waals surface area contributed by atoms with Gasteiger partial charge in [0.2, 0.25) is 0 Å². The number of Topliss-reactive ketones (excluding diaryl/α,β-unsaturated/α-hetero) is 1. The Balaban J connectivity index is 1.67. The summed E-state index contributed by atoms with van der Waals surface area (Å²) >= 11 is 0. The highest BCUT2D eigenvalue weighted by Crippen LogP contribution is 2.41. The summed E-state index contributed by atoms with van der Waals surface area (Å²) in [5, 5.41) is 0.0648. The molecule has 3 rings (SSSR count). The van der Waals surface area contributed by atoms with Crippen molar-refractivity contribution < 1.29 is 23.1 Å². The van der Waals surface area contributed by atoms with Gasteiger partial charge in [-0.1, -0.05) is 69.3 Å². The Bertz CT molecular complexity index is 1010. The first kappa shape index (κ1) is 31.5. The highest BCUT2D eigenvalue weighted by Gasteiger charge is 2.43. The van der Waals surface area contributed by atoms with Crippen molar-refractivity contribution in [2.75, 3.05) is 0 Å². The molecule has 0 spiro atoms. The lowest BCUT2D eigenvalue weighted by Crippen LogP contribution is -2.45. The SMILES string of the molecule is CC(C)OC(=O)CCCC=CC[C@H]1C(=O)C[C@H](F)[C@H]1C=C[C@H](O[Si](C)(C)C(C)(C)C)C1Cc2ccccc2C1. The quantitative estimate of drug-likeness (QED) is 0.113. The zero-order valence-electron chi connectivity index (χ0n) is 25.0. The van der Waals surface area contributed by atoms with Gasteiger partial charge in [-0.3, -0.25) is 9.59 Å². The highest BCUT2D eigenvalue weighted by molar-refractivity contribution is 6.74. The number of carbonyl (C=O) groups excluding carboxylic acids is 2. The molecule has 2 aliphatic rings. The maximum absolute atomic E-state index is 15.1. The molecule has 0 heterocycles. The first-order chi connectivity index (χ1) is 18.3. The maximum atomic E-state index is 15.1. The van der Waals surface area contributed by atoms with E-state index in [9.17, 15) is 9.59 Å². The van der Waals surface area contributed by atoms with Gasteiger partial charge in [0.1, 0.15) is 12.0 Å². The third-order valence-corrected chi connectivity index (χ3v) is 13.1. The van der Waals surface area contributed by atoms with Crippen LogP contribution in [0.3, 0.4) is 0 Å². The molecule has 1 fully saturated rings. The average molecular weight is 557 g/mol. The number of alkyl halides is 1. The van der Waals surface area contributed by atoms with Crippen molar-refractivity contribution in [2.24, 2.45) is 17.8 Å². The van der Waals surface area contributed by atoms with Crippen LogP contribution in [0.5, 0.6) is 0 Å². The van der Waals surface area contributed by atoms with Crippen molar-refractivity contribution in [2.45, 2.75) is 116 Å². The molecule has 1 aromatic rings. The van der Waals surface area contributed by atoms with E-state index in [-0.39, 0.29) is 41.3 Å². The van der Waals surface area contributed by atoms with Crippen LogP contribution in [0.2, 0.25) is 18.1 Å². The molecule has 0 bridgehead atoms. The summed E-state index contributed by atoms with van der Waals surface area (Å²) in [6.45, 7) is 14.9. The number of benzene rings is 1. The van der Waals surface area contributed by atoms with Gasteiger partial charge in [-0.05, 0) is 81.1 Å².